The zero-order valence-corrected chi connectivity index (χ0v) is 23.8. The second-order valence-electron chi connectivity index (χ2n) is 9.91. The maximum Gasteiger partial charge on any atom is 0.349 e. The van der Waals surface area contributed by atoms with E-state index >= 15 is 0 Å². The number of halogens is 1. The van der Waals surface area contributed by atoms with Crippen molar-refractivity contribution >= 4 is 5.97 Å². The zero-order chi connectivity index (χ0) is 30.5. The normalized spacial score (nSPS) is 13.8. The predicted molar refractivity (Wildman–Crippen MR) is 157 cm³/mol. The number of allylic oxidation sites excluding steroid dienone is 1. The molecular formula is C34H29FN2O6. The number of hydrogen-bond donors (Lipinski definition) is 1. The molecule has 43 heavy (non-hydrogen) atoms. The number of hydrogen-bond acceptors (Lipinski definition) is 8. The van der Waals surface area contributed by atoms with Gasteiger partial charge in [0.15, 0.2) is 18.1 Å². The smallest absolute Gasteiger partial charge is 0.349 e. The summed E-state index contributed by atoms with van der Waals surface area (Å²) < 4.78 is 41.7. The maximum atomic E-state index is 13.2. The van der Waals surface area contributed by atoms with Crippen LogP contribution in [-0.4, -0.2) is 19.7 Å². The number of aryl methyl sites for hydroxylation is 1. The van der Waals surface area contributed by atoms with E-state index < -0.39 is 11.9 Å². The van der Waals surface area contributed by atoms with Crippen LogP contribution in [0.3, 0.4) is 0 Å². The Kier molecular flexibility index (Phi) is 8.49. The molecule has 0 fully saturated rings. The van der Waals surface area contributed by atoms with E-state index in [0.717, 1.165) is 16.7 Å². The van der Waals surface area contributed by atoms with Crippen LogP contribution in [0.2, 0.25) is 0 Å². The molecule has 0 amide bonds. The molecule has 1 unspecified atom stereocenters. The summed E-state index contributed by atoms with van der Waals surface area (Å²) in [4.78, 5) is 12.6. The van der Waals surface area contributed by atoms with Gasteiger partial charge < -0.3 is 29.4 Å². The highest BCUT2D eigenvalue weighted by Crippen LogP contribution is 2.45. The SMILES string of the molecule is COc1cc(C2C(C#N)=C(N)Oc3cc(OC(=O)COc4cccc(C)c4C)ccc32)ccc1OCc1ccc(F)cc1. The van der Waals surface area contributed by atoms with E-state index in [0.29, 0.717) is 34.1 Å². The van der Waals surface area contributed by atoms with Crippen molar-refractivity contribution in [3.05, 3.63) is 124 Å². The summed E-state index contributed by atoms with van der Waals surface area (Å²) >= 11 is 0. The molecule has 0 radical (unpaired) electrons. The van der Waals surface area contributed by atoms with Crippen LogP contribution in [0, 0.1) is 31.0 Å². The Labute approximate surface area is 248 Å². The number of carbonyl (C=O) groups is 1. The number of benzene rings is 4. The van der Waals surface area contributed by atoms with Crippen LogP contribution < -0.4 is 29.4 Å². The molecule has 0 saturated carbocycles. The number of nitrogens with two attached hydrogens (primary N) is 1. The largest absolute Gasteiger partial charge is 0.493 e. The molecule has 9 heteroatoms. The third-order valence-corrected chi connectivity index (χ3v) is 7.15. The summed E-state index contributed by atoms with van der Waals surface area (Å²) in [6.45, 7) is 3.82. The topological polar surface area (TPSA) is 113 Å². The minimum Gasteiger partial charge on any atom is -0.493 e. The lowest BCUT2D eigenvalue weighted by Crippen LogP contribution is -2.22. The Morgan fingerprint density at radius 1 is 0.977 bits per heavy atom. The highest BCUT2D eigenvalue weighted by molar-refractivity contribution is 5.74. The number of nitrogens with zero attached hydrogens (tertiary/aromatic N) is 1. The van der Waals surface area contributed by atoms with Crippen LogP contribution in [0.4, 0.5) is 4.39 Å². The van der Waals surface area contributed by atoms with Crippen LogP contribution in [-0.2, 0) is 11.4 Å². The summed E-state index contributed by atoms with van der Waals surface area (Å²) in [5, 5.41) is 9.96. The molecule has 0 saturated heterocycles. The van der Waals surface area contributed by atoms with Gasteiger partial charge >= 0.3 is 5.97 Å². The summed E-state index contributed by atoms with van der Waals surface area (Å²) in [5.74, 6) is 0.564. The van der Waals surface area contributed by atoms with Gasteiger partial charge in [-0.3, -0.25) is 0 Å². The lowest BCUT2D eigenvalue weighted by atomic mass is 9.83. The maximum absolute atomic E-state index is 13.2. The van der Waals surface area contributed by atoms with Crippen molar-refractivity contribution in [1.82, 2.24) is 0 Å². The van der Waals surface area contributed by atoms with Gasteiger partial charge in [-0.05, 0) is 72.5 Å². The van der Waals surface area contributed by atoms with E-state index in [1.54, 1.807) is 48.5 Å². The number of rotatable bonds is 9. The molecule has 2 N–H and O–H groups in total. The Bertz CT molecular complexity index is 1740. The third-order valence-electron chi connectivity index (χ3n) is 7.15. The Morgan fingerprint density at radius 3 is 2.51 bits per heavy atom. The zero-order valence-electron chi connectivity index (χ0n) is 23.8. The van der Waals surface area contributed by atoms with Gasteiger partial charge in [-0.2, -0.15) is 5.26 Å². The van der Waals surface area contributed by atoms with E-state index in [-0.39, 0.29) is 36.2 Å². The number of ether oxygens (including phenoxy) is 5. The summed E-state index contributed by atoms with van der Waals surface area (Å²) in [6.07, 6.45) is 0. The van der Waals surface area contributed by atoms with E-state index in [1.165, 1.54) is 19.2 Å². The molecule has 0 aliphatic carbocycles. The van der Waals surface area contributed by atoms with Crippen LogP contribution >= 0.6 is 0 Å². The minimum atomic E-state index is -0.588. The Balaban J connectivity index is 1.35. The molecule has 218 valence electrons. The second kappa shape index (κ2) is 12.6. The van der Waals surface area contributed by atoms with Crippen LogP contribution in [0.15, 0.2) is 90.3 Å². The quantitative estimate of drug-likeness (QED) is 0.183. The van der Waals surface area contributed by atoms with Crippen LogP contribution in [0.25, 0.3) is 0 Å². The van der Waals surface area contributed by atoms with Crippen molar-refractivity contribution in [3.63, 3.8) is 0 Å². The van der Waals surface area contributed by atoms with Crippen molar-refractivity contribution in [3.8, 4) is 34.8 Å². The highest BCUT2D eigenvalue weighted by atomic mass is 19.1. The summed E-state index contributed by atoms with van der Waals surface area (Å²) in [5.41, 5.74) is 10.6. The number of methoxy groups -OCH3 is 1. The van der Waals surface area contributed by atoms with Gasteiger partial charge in [0, 0.05) is 11.6 Å². The number of esters is 1. The number of fused-ring (bicyclic) bond motifs is 1. The molecular weight excluding hydrogens is 551 g/mol. The Hall–Kier alpha value is -5.49. The fourth-order valence-corrected chi connectivity index (χ4v) is 4.74. The molecule has 4 aromatic rings. The lowest BCUT2D eigenvalue weighted by molar-refractivity contribution is -0.136. The predicted octanol–water partition coefficient (Wildman–Crippen LogP) is 6.23. The minimum absolute atomic E-state index is 0.0580. The molecule has 1 atom stereocenters. The van der Waals surface area contributed by atoms with Crippen LogP contribution in [0.5, 0.6) is 28.7 Å². The van der Waals surface area contributed by atoms with Gasteiger partial charge in [0.25, 0.3) is 0 Å². The lowest BCUT2D eigenvalue weighted by Gasteiger charge is -2.27. The molecule has 5 rings (SSSR count). The van der Waals surface area contributed by atoms with E-state index in [2.05, 4.69) is 6.07 Å². The van der Waals surface area contributed by atoms with Gasteiger partial charge in [-0.1, -0.05) is 36.4 Å². The Morgan fingerprint density at radius 2 is 1.77 bits per heavy atom. The monoisotopic (exact) mass is 580 g/mol. The van der Waals surface area contributed by atoms with Crippen LogP contribution in [0.1, 0.15) is 33.7 Å². The third kappa shape index (κ3) is 6.39. The molecule has 0 aromatic heterocycles. The van der Waals surface area contributed by atoms with Gasteiger partial charge in [0.05, 0.1) is 13.0 Å². The molecule has 1 aliphatic heterocycles. The molecule has 1 heterocycles. The van der Waals surface area contributed by atoms with Gasteiger partial charge in [0.1, 0.15) is 41.3 Å². The first kappa shape index (κ1) is 29.0. The first-order valence-electron chi connectivity index (χ1n) is 13.4. The number of carbonyl (C=O) groups excluding carboxylic acids is 1. The molecule has 1 aliphatic rings. The van der Waals surface area contributed by atoms with Crippen molar-refractivity contribution in [2.75, 3.05) is 13.7 Å². The summed E-state index contributed by atoms with van der Waals surface area (Å²) in [6, 6.07) is 24.0. The fourth-order valence-electron chi connectivity index (χ4n) is 4.74. The van der Waals surface area contributed by atoms with E-state index in [9.17, 15) is 14.4 Å². The molecule has 4 aromatic carbocycles. The molecule has 0 bridgehead atoms. The van der Waals surface area contributed by atoms with Crippen molar-refractivity contribution in [2.45, 2.75) is 26.4 Å². The van der Waals surface area contributed by atoms with Crippen molar-refractivity contribution in [1.29, 1.82) is 5.26 Å². The average Bonchev–Trinajstić information content (AvgIpc) is 3.00. The standard InChI is InChI=1S/C34H29FN2O6/c1-20-5-4-6-28(21(20)2)41-19-32(38)42-25-12-13-26-30(16-25)43-34(37)27(17-36)33(26)23-9-14-29(31(15-23)39-3)40-18-22-7-10-24(35)11-8-22/h4-16,33H,18-19,37H2,1-3H3. The average molecular weight is 581 g/mol. The first-order chi connectivity index (χ1) is 20.8. The summed E-state index contributed by atoms with van der Waals surface area (Å²) in [7, 11) is 1.52. The molecule has 8 nitrogen and oxygen atoms in total. The van der Waals surface area contributed by atoms with Crippen molar-refractivity contribution in [2.24, 2.45) is 5.73 Å². The highest BCUT2D eigenvalue weighted by Gasteiger charge is 2.32. The van der Waals surface area contributed by atoms with Crippen molar-refractivity contribution < 1.29 is 32.9 Å². The molecule has 0 spiro atoms. The van der Waals surface area contributed by atoms with Gasteiger partial charge in [-0.25, -0.2) is 9.18 Å². The van der Waals surface area contributed by atoms with Gasteiger partial charge in [0.2, 0.25) is 5.88 Å². The second-order valence-corrected chi connectivity index (χ2v) is 9.91. The fraction of sp³-hybridized carbons (Fsp3) is 0.176. The first-order valence-corrected chi connectivity index (χ1v) is 13.4. The van der Waals surface area contributed by atoms with Gasteiger partial charge in [-0.15, -0.1) is 0 Å². The van der Waals surface area contributed by atoms with E-state index in [1.807, 2.05) is 32.0 Å². The van der Waals surface area contributed by atoms with E-state index in [4.69, 9.17) is 29.4 Å². The number of nitriles is 1.